The maximum Gasteiger partial charge on any atom is 0.422 e. The van der Waals surface area contributed by atoms with Crippen LogP contribution in [0.4, 0.5) is 4.79 Å². The van der Waals surface area contributed by atoms with Crippen LogP contribution >= 0.6 is 0 Å². The monoisotopic (exact) mass is 509 g/mol. The van der Waals surface area contributed by atoms with Crippen molar-refractivity contribution in [3.05, 3.63) is 18.0 Å². The van der Waals surface area contributed by atoms with Crippen LogP contribution in [0.15, 0.2) is 12.3 Å². The molecule has 1 aromatic heterocycles. The first-order valence-corrected chi connectivity index (χ1v) is 12.5. The lowest BCUT2D eigenvalue weighted by molar-refractivity contribution is -0.128. The maximum atomic E-state index is 13.0. The molecule has 0 spiro atoms. The Morgan fingerprint density at radius 1 is 1.29 bits per heavy atom. The number of amides is 4. The molecule has 1 aliphatic carbocycles. The quantitative estimate of drug-likeness (QED) is 0.310. The van der Waals surface area contributed by atoms with Gasteiger partial charge in [0.2, 0.25) is 11.8 Å². The lowest BCUT2D eigenvalue weighted by Gasteiger charge is -2.25. The van der Waals surface area contributed by atoms with Crippen molar-refractivity contribution < 1.29 is 32.3 Å². The standard InChI is InChI=1S/C20H27N7O7S/c1-34-20(31)26-35(32,33)27-16(6-8-23-27)19(30)25-15(9-12-4-5-12)18(29)24-14(11-21)10-13-3-2-7-22-17(13)28/h6,8,12-15H,2-5,7,9-10H2,1H3,(H,22,28)(H,24,29)(H,25,30)(H,26,31)/t13-,14-,15-/m0/s1. The topological polar surface area (TPSA) is 201 Å². The molecule has 0 radical (unpaired) electrons. The largest absolute Gasteiger partial charge is 0.452 e. The highest BCUT2D eigenvalue weighted by atomic mass is 32.2. The molecule has 1 aliphatic heterocycles. The van der Waals surface area contributed by atoms with Crippen molar-refractivity contribution in [2.45, 2.75) is 50.6 Å². The Labute approximate surface area is 201 Å². The van der Waals surface area contributed by atoms with Crippen LogP contribution in [0.25, 0.3) is 0 Å². The number of ether oxygens (including phenoxy) is 1. The highest BCUT2D eigenvalue weighted by molar-refractivity contribution is 7.88. The molecular formula is C20H27N7O7S. The zero-order valence-corrected chi connectivity index (χ0v) is 19.8. The van der Waals surface area contributed by atoms with Gasteiger partial charge in [-0.3, -0.25) is 14.4 Å². The number of carbonyl (C=O) groups is 4. The van der Waals surface area contributed by atoms with Gasteiger partial charge in [0.15, 0.2) is 0 Å². The summed E-state index contributed by atoms with van der Waals surface area (Å²) in [5, 5.41) is 20.9. The lowest BCUT2D eigenvalue weighted by Crippen LogP contribution is -2.51. The Balaban J connectivity index is 1.70. The van der Waals surface area contributed by atoms with E-state index in [1.807, 2.05) is 6.07 Å². The number of aromatic nitrogens is 2. The highest BCUT2D eigenvalue weighted by Gasteiger charge is 2.34. The smallest absolute Gasteiger partial charge is 0.422 e. The SMILES string of the molecule is COC(=O)NS(=O)(=O)n1nccc1C(=O)N[C@@H](CC1CC1)C(=O)N[C@H](C#N)C[C@@H]1CCCNC1=O. The average Bonchev–Trinajstić information content (AvgIpc) is 3.49. The second-order valence-electron chi connectivity index (χ2n) is 8.42. The summed E-state index contributed by atoms with van der Waals surface area (Å²) in [5.74, 6) is -1.89. The van der Waals surface area contributed by atoms with Crippen LogP contribution in [0.2, 0.25) is 0 Å². The Kier molecular flexibility index (Phi) is 8.28. The summed E-state index contributed by atoms with van der Waals surface area (Å²) in [6, 6.07) is 1.11. The third-order valence-corrected chi connectivity index (χ3v) is 6.92. The first kappa shape index (κ1) is 25.9. The Morgan fingerprint density at radius 2 is 2.03 bits per heavy atom. The summed E-state index contributed by atoms with van der Waals surface area (Å²) in [5.41, 5.74) is -0.439. The highest BCUT2D eigenvalue weighted by Crippen LogP contribution is 2.33. The number of hydrogen-bond acceptors (Lipinski definition) is 9. The van der Waals surface area contributed by atoms with Crippen molar-refractivity contribution in [3.8, 4) is 6.07 Å². The van der Waals surface area contributed by atoms with Crippen molar-refractivity contribution in [2.24, 2.45) is 11.8 Å². The van der Waals surface area contributed by atoms with Crippen LogP contribution in [0.5, 0.6) is 0 Å². The molecular weight excluding hydrogens is 482 g/mol. The number of nitrogens with zero attached hydrogens (tertiary/aromatic N) is 3. The van der Waals surface area contributed by atoms with Gasteiger partial charge in [-0.25, -0.2) is 4.79 Å². The molecule has 15 heteroatoms. The molecule has 190 valence electrons. The Morgan fingerprint density at radius 3 is 2.66 bits per heavy atom. The maximum absolute atomic E-state index is 13.0. The molecule has 3 atom stereocenters. The number of carbonyl (C=O) groups excluding carboxylic acids is 4. The van der Waals surface area contributed by atoms with Gasteiger partial charge in [-0.2, -0.15) is 23.5 Å². The predicted octanol–water partition coefficient (Wildman–Crippen LogP) is -0.845. The molecule has 2 aliphatic rings. The first-order chi connectivity index (χ1) is 16.6. The number of piperidine rings is 1. The molecule has 14 nitrogen and oxygen atoms in total. The molecule has 2 fully saturated rings. The fourth-order valence-corrected chi connectivity index (χ4v) is 4.71. The van der Waals surface area contributed by atoms with Gasteiger partial charge in [-0.1, -0.05) is 12.8 Å². The molecule has 35 heavy (non-hydrogen) atoms. The molecule has 4 N–H and O–H groups in total. The van der Waals surface area contributed by atoms with Gasteiger partial charge < -0.3 is 20.7 Å². The van der Waals surface area contributed by atoms with Crippen LogP contribution in [-0.4, -0.2) is 67.2 Å². The van der Waals surface area contributed by atoms with Crippen molar-refractivity contribution in [2.75, 3.05) is 13.7 Å². The summed E-state index contributed by atoms with van der Waals surface area (Å²) in [6.45, 7) is 0.579. The summed E-state index contributed by atoms with van der Waals surface area (Å²) in [6.07, 6.45) is 3.35. The van der Waals surface area contributed by atoms with Crippen LogP contribution in [0, 0.1) is 23.2 Å². The third kappa shape index (κ3) is 6.92. The minimum absolute atomic E-state index is 0.141. The summed E-state index contributed by atoms with van der Waals surface area (Å²) < 4.78 is 30.9. The molecule has 1 saturated heterocycles. The van der Waals surface area contributed by atoms with Crippen LogP contribution < -0.4 is 20.7 Å². The van der Waals surface area contributed by atoms with Crippen molar-refractivity contribution in [3.63, 3.8) is 0 Å². The van der Waals surface area contributed by atoms with E-state index in [0.717, 1.165) is 38.6 Å². The molecule has 0 bridgehead atoms. The van der Waals surface area contributed by atoms with Gasteiger partial charge in [-0.05, 0) is 37.7 Å². The van der Waals surface area contributed by atoms with Crippen molar-refractivity contribution in [1.29, 1.82) is 5.26 Å². The molecule has 1 saturated carbocycles. The van der Waals surface area contributed by atoms with E-state index in [9.17, 15) is 32.9 Å². The van der Waals surface area contributed by atoms with E-state index in [2.05, 4.69) is 25.8 Å². The van der Waals surface area contributed by atoms with E-state index in [-0.39, 0.29) is 18.2 Å². The Hall–Kier alpha value is -3.67. The summed E-state index contributed by atoms with van der Waals surface area (Å²) in [4.78, 5) is 49.2. The number of rotatable bonds is 10. The predicted molar refractivity (Wildman–Crippen MR) is 119 cm³/mol. The normalized spacial score (nSPS) is 19.4. The minimum atomic E-state index is -4.58. The molecule has 4 amide bonds. The van der Waals surface area contributed by atoms with E-state index in [0.29, 0.717) is 23.5 Å². The van der Waals surface area contributed by atoms with E-state index in [1.165, 1.54) is 0 Å². The van der Waals surface area contributed by atoms with Gasteiger partial charge >= 0.3 is 16.3 Å². The first-order valence-electron chi connectivity index (χ1n) is 11.1. The van der Waals surface area contributed by atoms with Gasteiger partial charge in [0.1, 0.15) is 17.8 Å². The number of nitriles is 1. The van der Waals surface area contributed by atoms with Crippen LogP contribution in [0.1, 0.15) is 49.0 Å². The van der Waals surface area contributed by atoms with E-state index in [1.54, 1.807) is 4.72 Å². The second kappa shape index (κ2) is 11.2. The molecule has 0 aromatic carbocycles. The van der Waals surface area contributed by atoms with E-state index < -0.39 is 51.8 Å². The number of hydrogen-bond donors (Lipinski definition) is 4. The third-order valence-electron chi connectivity index (χ3n) is 5.75. The van der Waals surface area contributed by atoms with Crippen LogP contribution in [-0.2, 0) is 24.5 Å². The van der Waals surface area contributed by atoms with Gasteiger partial charge in [0, 0.05) is 12.5 Å². The molecule has 3 rings (SSSR count). The molecule has 2 heterocycles. The van der Waals surface area contributed by atoms with Crippen LogP contribution in [0.3, 0.4) is 0 Å². The van der Waals surface area contributed by atoms with E-state index >= 15 is 0 Å². The fourth-order valence-electron chi connectivity index (χ4n) is 3.75. The van der Waals surface area contributed by atoms with Crippen molar-refractivity contribution >= 4 is 34.0 Å². The van der Waals surface area contributed by atoms with Gasteiger partial charge in [-0.15, -0.1) is 4.09 Å². The number of nitrogens with one attached hydrogen (secondary N) is 4. The van der Waals surface area contributed by atoms with E-state index in [4.69, 9.17) is 0 Å². The second-order valence-corrected chi connectivity index (χ2v) is 9.92. The summed E-state index contributed by atoms with van der Waals surface area (Å²) >= 11 is 0. The fraction of sp³-hybridized carbons (Fsp3) is 0.600. The average molecular weight is 510 g/mol. The number of methoxy groups -OCH3 is 1. The van der Waals surface area contributed by atoms with Gasteiger partial charge in [0.05, 0.1) is 19.4 Å². The molecule has 0 unspecified atom stereocenters. The minimum Gasteiger partial charge on any atom is -0.452 e. The zero-order valence-electron chi connectivity index (χ0n) is 19.0. The molecule has 1 aromatic rings. The van der Waals surface area contributed by atoms with Gasteiger partial charge in [0.25, 0.3) is 5.91 Å². The van der Waals surface area contributed by atoms with Crippen molar-refractivity contribution in [1.82, 2.24) is 29.9 Å². The lowest BCUT2D eigenvalue weighted by atomic mass is 9.92. The Bertz CT molecular complexity index is 1120. The zero-order chi connectivity index (χ0) is 25.6. The summed E-state index contributed by atoms with van der Waals surface area (Å²) in [7, 11) is -3.61.